The average molecular weight is 320 g/mol. The fourth-order valence-corrected chi connectivity index (χ4v) is 2.30. The minimum absolute atomic E-state index is 0.0205. The first-order valence-electron chi connectivity index (χ1n) is 8.13. The number of benzene rings is 1. The van der Waals surface area contributed by atoms with Crippen LogP contribution in [-0.2, 0) is 16.1 Å². The van der Waals surface area contributed by atoms with E-state index in [2.05, 4.69) is 5.32 Å². The Morgan fingerprint density at radius 1 is 1.13 bits per heavy atom. The van der Waals surface area contributed by atoms with Crippen molar-refractivity contribution in [3.8, 4) is 0 Å². The van der Waals surface area contributed by atoms with E-state index in [0.29, 0.717) is 19.6 Å². The van der Waals surface area contributed by atoms with Crippen LogP contribution in [0.3, 0.4) is 0 Å². The Labute approximate surface area is 139 Å². The molecule has 1 atom stereocenters. The Hall–Kier alpha value is -1.88. The number of rotatable bonds is 7. The number of carbonyl (C=O) groups excluding carboxylic acids is 2. The lowest BCUT2D eigenvalue weighted by Crippen LogP contribution is -3.14. The predicted molar refractivity (Wildman–Crippen MR) is 92.0 cm³/mol. The Morgan fingerprint density at radius 3 is 2.26 bits per heavy atom. The van der Waals surface area contributed by atoms with E-state index in [9.17, 15) is 9.59 Å². The summed E-state index contributed by atoms with van der Waals surface area (Å²) in [7, 11) is 1.80. The van der Waals surface area contributed by atoms with Crippen molar-refractivity contribution in [1.29, 1.82) is 0 Å². The number of hydrogen-bond acceptors (Lipinski definition) is 2. The molecule has 0 fully saturated rings. The highest BCUT2D eigenvalue weighted by Crippen LogP contribution is 2.02. The summed E-state index contributed by atoms with van der Waals surface area (Å²) in [6.07, 6.45) is 0. The zero-order valence-electron chi connectivity index (χ0n) is 15.0. The summed E-state index contributed by atoms with van der Waals surface area (Å²) in [5.41, 5.74) is 0.858. The minimum atomic E-state index is -0.246. The van der Waals surface area contributed by atoms with E-state index in [-0.39, 0.29) is 17.4 Å². The van der Waals surface area contributed by atoms with Gasteiger partial charge in [0, 0.05) is 19.1 Å². The van der Waals surface area contributed by atoms with Gasteiger partial charge in [-0.2, -0.15) is 0 Å². The molecule has 23 heavy (non-hydrogen) atoms. The van der Waals surface area contributed by atoms with Crippen molar-refractivity contribution in [3.63, 3.8) is 0 Å². The lowest BCUT2D eigenvalue weighted by atomic mass is 10.1. The van der Waals surface area contributed by atoms with Crippen LogP contribution in [0, 0.1) is 0 Å². The Kier molecular flexibility index (Phi) is 7.23. The summed E-state index contributed by atoms with van der Waals surface area (Å²) < 4.78 is 0. The van der Waals surface area contributed by atoms with E-state index in [1.807, 2.05) is 58.0 Å². The number of hydrogen-bond donors (Lipinski definition) is 2. The molecule has 0 radical (unpaired) electrons. The lowest BCUT2D eigenvalue weighted by Gasteiger charge is -2.24. The monoisotopic (exact) mass is 320 g/mol. The van der Waals surface area contributed by atoms with E-state index < -0.39 is 0 Å². The molecule has 1 rings (SSSR count). The highest BCUT2D eigenvalue weighted by atomic mass is 16.2. The summed E-state index contributed by atoms with van der Waals surface area (Å²) in [6.45, 7) is 9.83. The van der Waals surface area contributed by atoms with Gasteiger partial charge in [0.2, 0.25) is 0 Å². The first-order valence-corrected chi connectivity index (χ1v) is 8.13. The molecule has 128 valence electrons. The first-order chi connectivity index (χ1) is 10.7. The van der Waals surface area contributed by atoms with Crippen LogP contribution in [0.1, 0.15) is 33.3 Å². The van der Waals surface area contributed by atoms with Crippen molar-refractivity contribution in [1.82, 2.24) is 10.2 Å². The molecule has 1 aromatic rings. The second-order valence-corrected chi connectivity index (χ2v) is 6.99. The largest absolute Gasteiger partial charge is 0.347 e. The van der Waals surface area contributed by atoms with Crippen molar-refractivity contribution in [2.75, 3.05) is 26.7 Å². The molecular weight excluding hydrogens is 290 g/mol. The molecule has 0 aliphatic heterocycles. The van der Waals surface area contributed by atoms with Crippen molar-refractivity contribution >= 4 is 11.8 Å². The van der Waals surface area contributed by atoms with Crippen LogP contribution in [0.4, 0.5) is 0 Å². The van der Waals surface area contributed by atoms with Gasteiger partial charge >= 0.3 is 0 Å². The van der Waals surface area contributed by atoms with Crippen molar-refractivity contribution in [2.45, 2.75) is 39.8 Å². The fraction of sp³-hybridized carbons (Fsp3) is 0.556. The van der Waals surface area contributed by atoms with Gasteiger partial charge in [0.15, 0.2) is 13.1 Å². The highest BCUT2D eigenvalue weighted by Gasteiger charge is 2.21. The van der Waals surface area contributed by atoms with E-state index in [4.69, 9.17) is 0 Å². The van der Waals surface area contributed by atoms with Crippen molar-refractivity contribution in [3.05, 3.63) is 35.9 Å². The zero-order valence-corrected chi connectivity index (χ0v) is 15.0. The molecule has 5 heteroatoms. The molecule has 0 aliphatic carbocycles. The van der Waals surface area contributed by atoms with E-state index in [0.717, 1.165) is 17.0 Å². The molecule has 1 unspecified atom stereocenters. The summed E-state index contributed by atoms with van der Waals surface area (Å²) in [6, 6.07) is 9.90. The fourth-order valence-electron chi connectivity index (χ4n) is 2.30. The molecule has 0 aromatic heterocycles. The molecule has 2 amide bonds. The maximum atomic E-state index is 12.4. The first kappa shape index (κ1) is 19.2. The van der Waals surface area contributed by atoms with Crippen LogP contribution in [0.2, 0.25) is 0 Å². The number of amides is 2. The second-order valence-electron chi connectivity index (χ2n) is 6.99. The van der Waals surface area contributed by atoms with Gasteiger partial charge < -0.3 is 15.1 Å². The SMILES string of the molecule is CC[NH+](CC(=O)NC(C)(C)C)CC(=O)N(C)Cc1ccccc1. The van der Waals surface area contributed by atoms with E-state index >= 15 is 0 Å². The maximum Gasteiger partial charge on any atom is 0.277 e. The molecule has 2 N–H and O–H groups in total. The van der Waals surface area contributed by atoms with Crippen molar-refractivity contribution in [2.24, 2.45) is 0 Å². The maximum absolute atomic E-state index is 12.4. The summed E-state index contributed by atoms with van der Waals surface area (Å²) >= 11 is 0. The average Bonchev–Trinajstić information content (AvgIpc) is 2.45. The van der Waals surface area contributed by atoms with Gasteiger partial charge in [-0.3, -0.25) is 9.59 Å². The molecule has 1 aromatic carbocycles. The van der Waals surface area contributed by atoms with Gasteiger partial charge in [-0.15, -0.1) is 0 Å². The number of nitrogens with one attached hydrogen (secondary N) is 2. The third kappa shape index (κ3) is 7.79. The third-order valence-corrected chi connectivity index (χ3v) is 3.51. The summed E-state index contributed by atoms with van der Waals surface area (Å²) in [5.74, 6) is 0.0297. The number of nitrogens with zero attached hydrogens (tertiary/aromatic N) is 1. The van der Waals surface area contributed by atoms with Gasteiger partial charge in [-0.1, -0.05) is 30.3 Å². The van der Waals surface area contributed by atoms with Gasteiger partial charge in [0.05, 0.1) is 6.54 Å². The van der Waals surface area contributed by atoms with E-state index in [1.165, 1.54) is 0 Å². The molecular formula is C18H30N3O2+. The Balaban J connectivity index is 2.50. The highest BCUT2D eigenvalue weighted by molar-refractivity contribution is 5.79. The molecule has 0 heterocycles. The zero-order chi connectivity index (χ0) is 17.5. The second kappa shape index (κ2) is 8.67. The van der Waals surface area contributed by atoms with Crippen LogP contribution in [-0.4, -0.2) is 48.9 Å². The van der Waals surface area contributed by atoms with Crippen LogP contribution < -0.4 is 10.2 Å². The topological polar surface area (TPSA) is 53.9 Å². The smallest absolute Gasteiger partial charge is 0.277 e. The molecule has 0 aliphatic rings. The lowest BCUT2D eigenvalue weighted by molar-refractivity contribution is -0.882. The number of likely N-dealkylation sites (N-methyl/N-ethyl adjacent to an activating group) is 2. The van der Waals surface area contributed by atoms with E-state index in [1.54, 1.807) is 11.9 Å². The molecule has 5 nitrogen and oxygen atoms in total. The Bertz CT molecular complexity index is 509. The van der Waals surface area contributed by atoms with Crippen molar-refractivity contribution < 1.29 is 14.5 Å². The van der Waals surface area contributed by atoms with Crippen LogP contribution in [0.25, 0.3) is 0 Å². The van der Waals surface area contributed by atoms with Gasteiger partial charge in [-0.05, 0) is 33.3 Å². The van der Waals surface area contributed by atoms with Gasteiger partial charge in [0.1, 0.15) is 0 Å². The van der Waals surface area contributed by atoms with Crippen LogP contribution in [0.5, 0.6) is 0 Å². The van der Waals surface area contributed by atoms with Gasteiger partial charge in [0.25, 0.3) is 11.8 Å². The quantitative estimate of drug-likeness (QED) is 0.767. The molecule has 0 spiro atoms. The molecule has 0 saturated heterocycles. The normalized spacial score (nSPS) is 12.6. The van der Waals surface area contributed by atoms with Crippen LogP contribution >= 0.6 is 0 Å². The summed E-state index contributed by atoms with van der Waals surface area (Å²) in [5, 5.41) is 2.94. The van der Waals surface area contributed by atoms with Crippen LogP contribution in [0.15, 0.2) is 30.3 Å². The molecule has 0 saturated carbocycles. The molecule has 0 bridgehead atoms. The minimum Gasteiger partial charge on any atom is -0.347 e. The number of carbonyl (C=O) groups is 2. The Morgan fingerprint density at radius 2 is 1.74 bits per heavy atom. The predicted octanol–water partition coefficient (Wildman–Crippen LogP) is 0.465. The third-order valence-electron chi connectivity index (χ3n) is 3.51. The van der Waals surface area contributed by atoms with Gasteiger partial charge in [-0.25, -0.2) is 0 Å². The number of quaternary nitrogens is 1. The standard InChI is InChI=1S/C18H29N3O2/c1-6-21(13-16(22)19-18(2,3)4)14-17(23)20(5)12-15-10-8-7-9-11-15/h7-11H,6,12-14H2,1-5H3,(H,19,22)/p+1. The summed E-state index contributed by atoms with van der Waals surface area (Å²) in [4.78, 5) is 27.1.